The molecule has 0 aliphatic heterocycles. The second kappa shape index (κ2) is 7.20. The second-order valence-electron chi connectivity index (χ2n) is 5.16. The Morgan fingerprint density at radius 1 is 1.33 bits per heavy atom. The average Bonchev–Trinajstić information content (AvgIpc) is 2.09. The monoisotopic (exact) mass is 217 g/mol. The Bertz CT molecular complexity index is 154. The molecule has 2 atom stereocenters. The minimum Gasteiger partial charge on any atom is -0.368 e. The first kappa shape index (κ1) is 14.9. The third kappa shape index (κ3) is 8.85. The van der Waals surface area contributed by atoms with Crippen molar-refractivity contribution in [1.82, 2.24) is 5.32 Å². The van der Waals surface area contributed by atoms with E-state index in [0.29, 0.717) is 0 Å². The van der Waals surface area contributed by atoms with Crippen LogP contribution in [0.2, 0.25) is 0 Å². The highest BCUT2D eigenvalue weighted by molar-refractivity contribution is 4.65. The highest BCUT2D eigenvalue weighted by atomic mass is 16.6. The van der Waals surface area contributed by atoms with Crippen LogP contribution in [0, 0.1) is 5.92 Å². The number of ether oxygens (including phenoxy) is 1. The summed E-state index contributed by atoms with van der Waals surface area (Å²) in [5.74, 6) is 0.126. The molecule has 0 aromatic carbocycles. The molecule has 0 aliphatic rings. The molecule has 0 radical (unpaired) electrons. The van der Waals surface area contributed by atoms with E-state index >= 15 is 0 Å². The molecule has 0 aliphatic carbocycles. The summed E-state index contributed by atoms with van der Waals surface area (Å²) in [7, 11) is 0. The smallest absolute Gasteiger partial charge is 0.158 e. The maximum Gasteiger partial charge on any atom is 0.158 e. The van der Waals surface area contributed by atoms with Crippen LogP contribution in [0.4, 0.5) is 0 Å². The molecule has 0 rings (SSSR count). The SMILES string of the molecule is CCCCNCC(C)C(O)OC(C)(C)C. The van der Waals surface area contributed by atoms with Crippen molar-refractivity contribution in [3.05, 3.63) is 0 Å². The first-order valence-corrected chi connectivity index (χ1v) is 5.93. The van der Waals surface area contributed by atoms with Crippen molar-refractivity contribution in [1.29, 1.82) is 0 Å². The molecule has 0 fully saturated rings. The Morgan fingerprint density at radius 2 is 1.93 bits per heavy atom. The molecule has 0 aromatic heterocycles. The van der Waals surface area contributed by atoms with Gasteiger partial charge in [-0.1, -0.05) is 20.3 Å². The molecule has 15 heavy (non-hydrogen) atoms. The molecule has 0 heterocycles. The highest BCUT2D eigenvalue weighted by Crippen LogP contribution is 2.14. The van der Waals surface area contributed by atoms with E-state index in [1.807, 2.05) is 27.7 Å². The summed E-state index contributed by atoms with van der Waals surface area (Å²) in [5, 5.41) is 13.1. The fourth-order valence-electron chi connectivity index (χ4n) is 1.21. The number of hydrogen-bond acceptors (Lipinski definition) is 3. The van der Waals surface area contributed by atoms with E-state index in [1.165, 1.54) is 12.8 Å². The van der Waals surface area contributed by atoms with Crippen molar-refractivity contribution in [3.8, 4) is 0 Å². The van der Waals surface area contributed by atoms with Crippen molar-refractivity contribution in [3.63, 3.8) is 0 Å². The van der Waals surface area contributed by atoms with Crippen LogP contribution < -0.4 is 5.32 Å². The summed E-state index contributed by atoms with van der Waals surface area (Å²) in [4.78, 5) is 0. The van der Waals surface area contributed by atoms with Crippen molar-refractivity contribution in [2.75, 3.05) is 13.1 Å². The maximum absolute atomic E-state index is 9.75. The van der Waals surface area contributed by atoms with E-state index in [4.69, 9.17) is 4.74 Å². The molecular weight excluding hydrogens is 190 g/mol. The maximum atomic E-state index is 9.75. The third-order valence-corrected chi connectivity index (χ3v) is 2.13. The van der Waals surface area contributed by atoms with E-state index < -0.39 is 6.29 Å². The lowest BCUT2D eigenvalue weighted by atomic mass is 10.1. The van der Waals surface area contributed by atoms with Crippen molar-refractivity contribution >= 4 is 0 Å². The molecule has 3 nitrogen and oxygen atoms in total. The molecule has 0 saturated carbocycles. The number of rotatable bonds is 7. The van der Waals surface area contributed by atoms with Crippen LogP contribution >= 0.6 is 0 Å². The van der Waals surface area contributed by atoms with Crippen LogP contribution in [0.15, 0.2) is 0 Å². The van der Waals surface area contributed by atoms with Crippen LogP contribution in [0.5, 0.6) is 0 Å². The minimum absolute atomic E-state index is 0.126. The normalized spacial score (nSPS) is 16.4. The average molecular weight is 217 g/mol. The molecule has 3 heteroatoms. The fourth-order valence-corrected chi connectivity index (χ4v) is 1.21. The summed E-state index contributed by atoms with van der Waals surface area (Å²) in [6, 6.07) is 0. The van der Waals surface area contributed by atoms with Crippen LogP contribution in [0.25, 0.3) is 0 Å². The summed E-state index contributed by atoms with van der Waals surface area (Å²) in [5.41, 5.74) is -0.281. The zero-order chi connectivity index (χ0) is 11.9. The Morgan fingerprint density at radius 3 is 2.40 bits per heavy atom. The van der Waals surface area contributed by atoms with Crippen molar-refractivity contribution < 1.29 is 9.84 Å². The Hall–Kier alpha value is -0.120. The van der Waals surface area contributed by atoms with E-state index in [1.54, 1.807) is 0 Å². The summed E-state index contributed by atoms with van der Waals surface area (Å²) in [6.07, 6.45) is 1.70. The largest absolute Gasteiger partial charge is 0.368 e. The van der Waals surface area contributed by atoms with Gasteiger partial charge in [0.1, 0.15) is 0 Å². The number of aliphatic hydroxyl groups excluding tert-OH is 1. The molecular formula is C12H27NO2. The number of unbranched alkanes of at least 4 members (excludes halogenated alkanes) is 1. The topological polar surface area (TPSA) is 41.5 Å². The van der Waals surface area contributed by atoms with E-state index in [9.17, 15) is 5.11 Å². The van der Waals surface area contributed by atoms with Gasteiger partial charge in [0.2, 0.25) is 0 Å². The molecule has 0 spiro atoms. The lowest BCUT2D eigenvalue weighted by molar-refractivity contribution is -0.187. The molecule has 2 unspecified atom stereocenters. The summed E-state index contributed by atoms with van der Waals surface area (Å²) < 4.78 is 5.47. The van der Waals surface area contributed by atoms with Gasteiger partial charge in [0.05, 0.1) is 5.60 Å². The van der Waals surface area contributed by atoms with Gasteiger partial charge in [-0.3, -0.25) is 0 Å². The van der Waals surface area contributed by atoms with E-state index in [0.717, 1.165) is 13.1 Å². The quantitative estimate of drug-likeness (QED) is 0.507. The van der Waals surface area contributed by atoms with Crippen molar-refractivity contribution in [2.45, 2.75) is 59.4 Å². The van der Waals surface area contributed by atoms with Gasteiger partial charge >= 0.3 is 0 Å². The molecule has 0 saturated heterocycles. The van der Waals surface area contributed by atoms with Gasteiger partial charge < -0.3 is 15.2 Å². The predicted molar refractivity (Wildman–Crippen MR) is 63.8 cm³/mol. The zero-order valence-corrected chi connectivity index (χ0v) is 10.8. The van der Waals surface area contributed by atoms with Crippen LogP contribution in [0.1, 0.15) is 47.5 Å². The molecule has 2 N–H and O–H groups in total. The highest BCUT2D eigenvalue weighted by Gasteiger charge is 2.21. The van der Waals surface area contributed by atoms with Gasteiger partial charge in [-0.15, -0.1) is 0 Å². The number of nitrogens with one attached hydrogen (secondary N) is 1. The first-order chi connectivity index (χ1) is 6.87. The van der Waals surface area contributed by atoms with Gasteiger partial charge in [-0.25, -0.2) is 0 Å². The molecule has 0 bridgehead atoms. The van der Waals surface area contributed by atoms with Crippen LogP contribution in [-0.4, -0.2) is 30.1 Å². The lowest BCUT2D eigenvalue weighted by Crippen LogP contribution is -2.36. The predicted octanol–water partition coefficient (Wildman–Crippen LogP) is 2.15. The first-order valence-electron chi connectivity index (χ1n) is 5.93. The second-order valence-corrected chi connectivity index (χ2v) is 5.16. The van der Waals surface area contributed by atoms with Gasteiger partial charge in [0, 0.05) is 12.5 Å². The van der Waals surface area contributed by atoms with Gasteiger partial charge in [-0.05, 0) is 33.7 Å². The van der Waals surface area contributed by atoms with E-state index in [2.05, 4.69) is 12.2 Å². The number of aliphatic hydroxyl groups is 1. The lowest BCUT2D eigenvalue weighted by Gasteiger charge is -2.27. The summed E-state index contributed by atoms with van der Waals surface area (Å²) in [6.45, 7) is 11.8. The summed E-state index contributed by atoms with van der Waals surface area (Å²) >= 11 is 0. The molecule has 92 valence electrons. The van der Waals surface area contributed by atoms with Crippen LogP contribution in [0.3, 0.4) is 0 Å². The van der Waals surface area contributed by atoms with Crippen molar-refractivity contribution in [2.24, 2.45) is 5.92 Å². The third-order valence-electron chi connectivity index (χ3n) is 2.13. The molecule has 0 aromatic rings. The van der Waals surface area contributed by atoms with E-state index in [-0.39, 0.29) is 11.5 Å². The Balaban J connectivity index is 3.65. The minimum atomic E-state index is -0.681. The van der Waals surface area contributed by atoms with Gasteiger partial charge in [-0.2, -0.15) is 0 Å². The fraction of sp³-hybridized carbons (Fsp3) is 1.00. The number of hydrogen-bond donors (Lipinski definition) is 2. The zero-order valence-electron chi connectivity index (χ0n) is 10.8. The Kier molecular flexibility index (Phi) is 7.14. The van der Waals surface area contributed by atoms with Gasteiger partial charge in [0.25, 0.3) is 0 Å². The molecule has 0 amide bonds. The standard InChI is InChI=1S/C12H27NO2/c1-6-7-8-13-9-10(2)11(14)15-12(3,4)5/h10-11,13-14H,6-9H2,1-5H3. The Labute approximate surface area is 94.2 Å². The van der Waals surface area contributed by atoms with Crippen LogP contribution in [-0.2, 0) is 4.74 Å². The van der Waals surface area contributed by atoms with Gasteiger partial charge in [0.15, 0.2) is 6.29 Å².